The Bertz CT molecular complexity index is 855. The number of amides is 2. The average molecular weight is 382 g/mol. The third-order valence-corrected chi connectivity index (χ3v) is 3.78. The van der Waals surface area contributed by atoms with Gasteiger partial charge in [0.15, 0.2) is 11.5 Å². The SMILES string of the molecule is CCNC(=O)c1noc(-c2cc(Cl)c(O)cc2O)c1NC(=O)C(C)(C)C. The molecule has 0 saturated carbocycles. The van der Waals surface area contributed by atoms with E-state index in [2.05, 4.69) is 15.8 Å². The number of aromatic hydroxyl groups is 2. The van der Waals surface area contributed by atoms with Crippen LogP contribution >= 0.6 is 11.6 Å². The summed E-state index contributed by atoms with van der Waals surface area (Å²) in [5.41, 5.74) is -0.808. The lowest BCUT2D eigenvalue weighted by molar-refractivity contribution is -0.123. The number of benzene rings is 1. The van der Waals surface area contributed by atoms with Crippen LogP contribution in [0, 0.1) is 5.41 Å². The number of aromatic nitrogens is 1. The Morgan fingerprint density at radius 2 is 1.88 bits per heavy atom. The van der Waals surface area contributed by atoms with Crippen molar-refractivity contribution < 1.29 is 24.3 Å². The molecule has 0 aliphatic rings. The van der Waals surface area contributed by atoms with Crippen LogP contribution in [0.25, 0.3) is 11.3 Å². The normalized spacial score (nSPS) is 11.3. The summed E-state index contributed by atoms with van der Waals surface area (Å²) in [5, 5.41) is 28.6. The van der Waals surface area contributed by atoms with Crippen molar-refractivity contribution in [1.29, 1.82) is 0 Å². The first-order valence-corrected chi connectivity index (χ1v) is 8.25. The molecule has 2 amide bonds. The largest absolute Gasteiger partial charge is 0.507 e. The minimum atomic E-state index is -0.748. The van der Waals surface area contributed by atoms with Crippen LogP contribution in [0.1, 0.15) is 38.2 Å². The molecule has 8 nitrogen and oxygen atoms in total. The van der Waals surface area contributed by atoms with Crippen molar-refractivity contribution in [3.05, 3.63) is 22.8 Å². The summed E-state index contributed by atoms with van der Waals surface area (Å²) in [7, 11) is 0. The molecule has 0 saturated heterocycles. The van der Waals surface area contributed by atoms with Gasteiger partial charge in [0.25, 0.3) is 5.91 Å². The van der Waals surface area contributed by atoms with Crippen molar-refractivity contribution in [2.24, 2.45) is 5.41 Å². The number of hydrogen-bond acceptors (Lipinski definition) is 6. The van der Waals surface area contributed by atoms with Crippen LogP contribution in [0.3, 0.4) is 0 Å². The third-order valence-electron chi connectivity index (χ3n) is 3.47. The van der Waals surface area contributed by atoms with Crippen LogP contribution in [-0.4, -0.2) is 33.7 Å². The zero-order valence-corrected chi connectivity index (χ0v) is 15.6. The minimum absolute atomic E-state index is 0.00734. The standard InChI is InChI=1S/C17H20ClN3O5/c1-5-19-15(24)13-12(20-16(25)17(2,3)4)14(26-21-13)8-6-9(18)11(23)7-10(8)22/h6-7,22-23H,5H2,1-4H3,(H,19,24)(H,20,25). The van der Waals surface area contributed by atoms with Gasteiger partial charge >= 0.3 is 0 Å². The molecule has 9 heteroatoms. The quantitative estimate of drug-likeness (QED) is 0.644. The maximum Gasteiger partial charge on any atom is 0.275 e. The van der Waals surface area contributed by atoms with Gasteiger partial charge in [-0.1, -0.05) is 37.5 Å². The number of halogens is 1. The van der Waals surface area contributed by atoms with E-state index >= 15 is 0 Å². The second-order valence-electron chi connectivity index (χ2n) is 6.62. The fourth-order valence-electron chi connectivity index (χ4n) is 2.02. The zero-order chi connectivity index (χ0) is 19.6. The number of phenolic OH excluding ortho intramolecular Hbond substituents is 2. The van der Waals surface area contributed by atoms with E-state index in [1.54, 1.807) is 27.7 Å². The molecule has 0 fully saturated rings. The summed E-state index contributed by atoms with van der Waals surface area (Å²) in [4.78, 5) is 24.6. The fourth-order valence-corrected chi connectivity index (χ4v) is 2.19. The molecule has 4 N–H and O–H groups in total. The summed E-state index contributed by atoms with van der Waals surface area (Å²) in [6, 6.07) is 2.28. The second kappa shape index (κ2) is 7.25. The molecular weight excluding hydrogens is 362 g/mol. The first kappa shape index (κ1) is 19.6. The summed E-state index contributed by atoms with van der Waals surface area (Å²) in [5.74, 6) is -1.65. The summed E-state index contributed by atoms with van der Waals surface area (Å²) in [6.07, 6.45) is 0. The number of nitrogens with zero attached hydrogens (tertiary/aromatic N) is 1. The molecular formula is C17H20ClN3O5. The monoisotopic (exact) mass is 381 g/mol. The molecule has 0 bridgehead atoms. The van der Waals surface area contributed by atoms with Gasteiger partial charge in [0.2, 0.25) is 5.91 Å². The molecule has 2 rings (SSSR count). The molecule has 0 aliphatic carbocycles. The zero-order valence-electron chi connectivity index (χ0n) is 14.8. The lowest BCUT2D eigenvalue weighted by atomic mass is 9.95. The first-order valence-electron chi connectivity index (χ1n) is 7.87. The number of anilines is 1. The van der Waals surface area contributed by atoms with Gasteiger partial charge in [-0.3, -0.25) is 9.59 Å². The number of phenols is 2. The Morgan fingerprint density at radius 3 is 2.46 bits per heavy atom. The van der Waals surface area contributed by atoms with Crippen LogP contribution in [0.4, 0.5) is 5.69 Å². The van der Waals surface area contributed by atoms with E-state index in [1.807, 2.05) is 0 Å². The van der Waals surface area contributed by atoms with E-state index in [4.69, 9.17) is 16.1 Å². The van der Waals surface area contributed by atoms with Crippen molar-refractivity contribution >= 4 is 29.1 Å². The fraction of sp³-hybridized carbons (Fsp3) is 0.353. The van der Waals surface area contributed by atoms with Crippen molar-refractivity contribution in [3.63, 3.8) is 0 Å². The van der Waals surface area contributed by atoms with E-state index < -0.39 is 11.3 Å². The van der Waals surface area contributed by atoms with Gasteiger partial charge in [-0.15, -0.1) is 0 Å². The number of carbonyl (C=O) groups excluding carboxylic acids is 2. The van der Waals surface area contributed by atoms with Crippen molar-refractivity contribution in [2.75, 3.05) is 11.9 Å². The first-order chi connectivity index (χ1) is 12.1. The Labute approximate surface area is 155 Å². The smallest absolute Gasteiger partial charge is 0.275 e. The van der Waals surface area contributed by atoms with E-state index in [1.165, 1.54) is 6.07 Å². The maximum atomic E-state index is 12.4. The van der Waals surface area contributed by atoms with E-state index in [-0.39, 0.29) is 45.1 Å². The van der Waals surface area contributed by atoms with Gasteiger partial charge in [-0.05, 0) is 13.0 Å². The van der Waals surface area contributed by atoms with Crippen molar-refractivity contribution in [3.8, 4) is 22.8 Å². The molecule has 0 aliphatic heterocycles. The molecule has 0 radical (unpaired) electrons. The minimum Gasteiger partial charge on any atom is -0.507 e. The number of hydrogen-bond donors (Lipinski definition) is 4. The Hall–Kier alpha value is -2.74. The van der Waals surface area contributed by atoms with E-state index in [0.29, 0.717) is 6.54 Å². The average Bonchev–Trinajstić information content (AvgIpc) is 2.93. The Morgan fingerprint density at radius 1 is 1.23 bits per heavy atom. The predicted octanol–water partition coefficient (Wildman–Crippen LogP) is 3.14. The molecule has 140 valence electrons. The lowest BCUT2D eigenvalue weighted by Gasteiger charge is -2.18. The van der Waals surface area contributed by atoms with Gasteiger partial charge in [-0.25, -0.2) is 0 Å². The lowest BCUT2D eigenvalue weighted by Crippen LogP contribution is -2.30. The van der Waals surface area contributed by atoms with E-state index in [9.17, 15) is 19.8 Å². The predicted molar refractivity (Wildman–Crippen MR) is 96.4 cm³/mol. The van der Waals surface area contributed by atoms with Crippen LogP contribution in [0.2, 0.25) is 5.02 Å². The molecule has 2 aromatic rings. The van der Waals surface area contributed by atoms with Gasteiger partial charge in [0.05, 0.1) is 10.6 Å². The van der Waals surface area contributed by atoms with Crippen LogP contribution in [0.5, 0.6) is 11.5 Å². The van der Waals surface area contributed by atoms with Crippen molar-refractivity contribution in [1.82, 2.24) is 10.5 Å². The number of nitrogens with one attached hydrogen (secondary N) is 2. The molecule has 1 aromatic heterocycles. The maximum absolute atomic E-state index is 12.4. The van der Waals surface area contributed by atoms with E-state index in [0.717, 1.165) is 6.07 Å². The second-order valence-corrected chi connectivity index (χ2v) is 7.03. The van der Waals surface area contributed by atoms with Crippen LogP contribution in [-0.2, 0) is 4.79 Å². The number of carbonyl (C=O) groups is 2. The topological polar surface area (TPSA) is 125 Å². The Balaban J connectivity index is 2.62. The third kappa shape index (κ3) is 3.91. The molecule has 1 aromatic carbocycles. The van der Waals surface area contributed by atoms with Gasteiger partial charge in [-0.2, -0.15) is 0 Å². The van der Waals surface area contributed by atoms with Crippen molar-refractivity contribution in [2.45, 2.75) is 27.7 Å². The highest BCUT2D eigenvalue weighted by Gasteiger charge is 2.30. The van der Waals surface area contributed by atoms with Crippen LogP contribution < -0.4 is 10.6 Å². The molecule has 0 spiro atoms. The highest BCUT2D eigenvalue weighted by Crippen LogP contribution is 2.41. The van der Waals surface area contributed by atoms with Gasteiger partial charge in [0, 0.05) is 18.0 Å². The summed E-state index contributed by atoms with van der Waals surface area (Å²) < 4.78 is 5.21. The Kier molecular flexibility index (Phi) is 5.46. The molecule has 0 atom stereocenters. The van der Waals surface area contributed by atoms with Gasteiger partial charge in [0.1, 0.15) is 17.2 Å². The molecule has 26 heavy (non-hydrogen) atoms. The van der Waals surface area contributed by atoms with Gasteiger partial charge < -0.3 is 25.4 Å². The number of rotatable bonds is 4. The summed E-state index contributed by atoms with van der Waals surface area (Å²) in [6.45, 7) is 7.20. The van der Waals surface area contributed by atoms with Crippen LogP contribution in [0.15, 0.2) is 16.7 Å². The highest BCUT2D eigenvalue weighted by molar-refractivity contribution is 6.32. The molecule has 0 unspecified atom stereocenters. The highest BCUT2D eigenvalue weighted by atomic mass is 35.5. The molecule has 1 heterocycles. The summed E-state index contributed by atoms with van der Waals surface area (Å²) >= 11 is 5.90.